The van der Waals surface area contributed by atoms with Crippen LogP contribution < -0.4 is 5.32 Å². The van der Waals surface area contributed by atoms with Crippen LogP contribution in [0.25, 0.3) is 0 Å². The highest BCUT2D eigenvalue weighted by Gasteiger charge is 2.40. The molecule has 1 aliphatic carbocycles. The average molecular weight is 347 g/mol. The summed E-state index contributed by atoms with van der Waals surface area (Å²) in [7, 11) is 0. The molecule has 0 spiro atoms. The van der Waals surface area contributed by atoms with Crippen molar-refractivity contribution in [1.29, 1.82) is 0 Å². The van der Waals surface area contributed by atoms with Gasteiger partial charge in [-0.15, -0.1) is 11.3 Å². The zero-order valence-electron chi connectivity index (χ0n) is 14.9. The first kappa shape index (κ1) is 18.4. The van der Waals surface area contributed by atoms with E-state index in [1.807, 2.05) is 0 Å². The molecule has 0 atom stereocenters. The zero-order valence-corrected chi connectivity index (χ0v) is 15.8. The number of anilines is 1. The number of aliphatic imine (C=N–C) groups is 1. The summed E-state index contributed by atoms with van der Waals surface area (Å²) in [5.74, 6) is -0.472. The van der Waals surface area contributed by atoms with Gasteiger partial charge in [-0.1, -0.05) is 27.7 Å². The number of thiazole rings is 1. The van der Waals surface area contributed by atoms with Crippen molar-refractivity contribution < 1.29 is 9.90 Å². The summed E-state index contributed by atoms with van der Waals surface area (Å²) in [6.07, 6.45) is 5.35. The van der Waals surface area contributed by atoms with E-state index in [1.165, 1.54) is 17.9 Å². The number of hydrogen-bond acceptors (Lipinski definition) is 5. The first-order valence-corrected chi connectivity index (χ1v) is 8.76. The van der Waals surface area contributed by atoms with Crippen molar-refractivity contribution in [3.8, 4) is 0 Å². The van der Waals surface area contributed by atoms with Crippen molar-refractivity contribution in [2.45, 2.75) is 58.3 Å². The second-order valence-electron chi connectivity index (χ2n) is 7.45. The van der Waals surface area contributed by atoms with Crippen LogP contribution in [0.15, 0.2) is 28.5 Å². The molecule has 0 saturated carbocycles. The summed E-state index contributed by atoms with van der Waals surface area (Å²) < 4.78 is 0. The highest BCUT2D eigenvalue weighted by Crippen LogP contribution is 2.49. The van der Waals surface area contributed by atoms with Crippen LogP contribution in [-0.2, 0) is 15.6 Å². The molecule has 0 saturated heterocycles. The molecule has 1 aromatic heterocycles. The quantitative estimate of drug-likeness (QED) is 0.468. The largest absolute Gasteiger partial charge is 0.478 e. The van der Waals surface area contributed by atoms with Gasteiger partial charge in [-0.05, 0) is 38.6 Å². The third-order valence-corrected chi connectivity index (χ3v) is 5.83. The molecular weight excluding hydrogens is 322 g/mol. The maximum Gasteiger partial charge on any atom is 0.331 e. The molecule has 6 heteroatoms. The number of fused-ring (bicyclic) bond motifs is 1. The summed E-state index contributed by atoms with van der Waals surface area (Å²) in [5, 5.41) is 12.8. The second-order valence-corrected chi connectivity index (χ2v) is 8.45. The number of nitrogens with one attached hydrogen (secondary N) is 1. The van der Waals surface area contributed by atoms with Gasteiger partial charge in [0, 0.05) is 21.3 Å². The minimum atomic E-state index is -0.956. The van der Waals surface area contributed by atoms with Crippen molar-refractivity contribution in [3.63, 3.8) is 0 Å². The zero-order chi connectivity index (χ0) is 18.1. The predicted octanol–water partition coefficient (Wildman–Crippen LogP) is 4.48. The van der Waals surface area contributed by atoms with Crippen LogP contribution in [-0.4, -0.2) is 22.8 Å². The molecule has 130 valence electrons. The Labute approximate surface area is 147 Å². The Hall–Kier alpha value is -1.95. The van der Waals surface area contributed by atoms with Gasteiger partial charge in [0.15, 0.2) is 5.13 Å². The van der Waals surface area contributed by atoms with Gasteiger partial charge in [0.25, 0.3) is 0 Å². The average Bonchev–Trinajstić information content (AvgIpc) is 2.94. The number of hydrogen-bond donors (Lipinski definition) is 2. The first-order valence-electron chi connectivity index (χ1n) is 7.94. The van der Waals surface area contributed by atoms with Gasteiger partial charge in [0.05, 0.1) is 5.69 Å². The molecule has 0 aromatic carbocycles. The van der Waals surface area contributed by atoms with E-state index in [0.717, 1.165) is 23.7 Å². The molecule has 1 aromatic rings. The fraction of sp³-hybridized carbons (Fsp3) is 0.500. The van der Waals surface area contributed by atoms with Crippen LogP contribution in [0.5, 0.6) is 0 Å². The molecule has 5 nitrogen and oxygen atoms in total. The summed E-state index contributed by atoms with van der Waals surface area (Å²) in [5.41, 5.74) is 1.56. The second kappa shape index (κ2) is 6.51. The Bertz CT molecular complexity index is 693. The molecule has 1 heterocycles. The van der Waals surface area contributed by atoms with Gasteiger partial charge in [-0.2, -0.15) is 0 Å². The van der Waals surface area contributed by atoms with Crippen molar-refractivity contribution in [3.05, 3.63) is 34.1 Å². The van der Waals surface area contributed by atoms with Gasteiger partial charge < -0.3 is 10.4 Å². The lowest BCUT2D eigenvalue weighted by molar-refractivity contribution is -0.132. The highest BCUT2D eigenvalue weighted by atomic mass is 32.1. The Morgan fingerprint density at radius 1 is 1.29 bits per heavy atom. The summed E-state index contributed by atoms with van der Waals surface area (Å²) in [6.45, 7) is 14.0. The van der Waals surface area contributed by atoms with E-state index in [0.29, 0.717) is 5.82 Å². The van der Waals surface area contributed by atoms with Crippen LogP contribution in [0.4, 0.5) is 5.13 Å². The minimum Gasteiger partial charge on any atom is -0.478 e. The minimum absolute atomic E-state index is 0.0621. The lowest BCUT2D eigenvalue weighted by Gasteiger charge is -2.37. The van der Waals surface area contributed by atoms with Crippen LogP contribution in [0.1, 0.15) is 58.0 Å². The maximum atomic E-state index is 10.9. The fourth-order valence-corrected chi connectivity index (χ4v) is 3.95. The Kier molecular flexibility index (Phi) is 4.99. The number of carboxylic acid groups (broad SMARTS) is 1. The predicted molar refractivity (Wildman–Crippen MR) is 100 cm³/mol. The Morgan fingerprint density at radius 3 is 2.46 bits per heavy atom. The monoisotopic (exact) mass is 347 g/mol. The third-order valence-electron chi connectivity index (χ3n) is 4.49. The van der Waals surface area contributed by atoms with Gasteiger partial charge in [0.2, 0.25) is 0 Å². The fourth-order valence-electron chi connectivity index (χ4n) is 2.67. The van der Waals surface area contributed by atoms with Crippen molar-refractivity contribution in [2.75, 3.05) is 5.32 Å². The van der Waals surface area contributed by atoms with Crippen molar-refractivity contribution >= 4 is 29.2 Å². The number of aromatic nitrogens is 1. The van der Waals surface area contributed by atoms with E-state index in [-0.39, 0.29) is 16.4 Å². The van der Waals surface area contributed by atoms with E-state index in [9.17, 15) is 4.79 Å². The van der Waals surface area contributed by atoms with E-state index in [4.69, 9.17) is 10.1 Å². The van der Waals surface area contributed by atoms with E-state index < -0.39 is 5.97 Å². The standard InChI is InChI=1S/C18H25N3O2S/c1-11(15(22)23)7-8-12(19-6)20-16-21-13-14(24-16)18(4,5)10-9-17(13,2)3/h7-8H,6,9-10H2,1-5H3,(H,20,21)(H,22,23)/b11-7+,12-8+. The summed E-state index contributed by atoms with van der Waals surface area (Å²) >= 11 is 1.64. The third kappa shape index (κ3) is 3.75. The maximum absolute atomic E-state index is 10.9. The van der Waals surface area contributed by atoms with E-state index in [2.05, 4.69) is 44.7 Å². The number of aliphatic carboxylic acids is 1. The molecule has 0 amide bonds. The molecular formula is C18H25N3O2S. The Morgan fingerprint density at radius 2 is 1.92 bits per heavy atom. The smallest absolute Gasteiger partial charge is 0.331 e. The number of carbonyl (C=O) groups is 1. The van der Waals surface area contributed by atoms with Crippen LogP contribution in [0.3, 0.4) is 0 Å². The topological polar surface area (TPSA) is 74.6 Å². The molecule has 0 aliphatic heterocycles. The van der Waals surface area contributed by atoms with E-state index >= 15 is 0 Å². The Balaban J connectivity index is 2.33. The van der Waals surface area contributed by atoms with Gasteiger partial charge in [-0.3, -0.25) is 0 Å². The normalized spacial score (nSPS) is 19.5. The number of allylic oxidation sites excluding steroid dienone is 2. The van der Waals surface area contributed by atoms with E-state index in [1.54, 1.807) is 17.4 Å². The molecule has 1 aliphatic rings. The molecule has 2 N–H and O–H groups in total. The SMILES string of the molecule is C=N/C(=C\C=C(/C)C(=O)O)Nc1nc2c(s1)C(C)(C)CCC2(C)C. The number of nitrogens with zero attached hydrogens (tertiary/aromatic N) is 2. The van der Waals surface area contributed by atoms with Gasteiger partial charge in [0.1, 0.15) is 5.82 Å². The number of rotatable bonds is 5. The molecule has 0 radical (unpaired) electrons. The molecule has 24 heavy (non-hydrogen) atoms. The molecule has 2 rings (SSSR count). The highest BCUT2D eigenvalue weighted by molar-refractivity contribution is 7.16. The van der Waals surface area contributed by atoms with Crippen LogP contribution >= 0.6 is 11.3 Å². The lowest BCUT2D eigenvalue weighted by atomic mass is 9.69. The molecule has 0 fully saturated rings. The van der Waals surface area contributed by atoms with Gasteiger partial charge in [-0.25, -0.2) is 14.8 Å². The molecule has 0 unspecified atom stereocenters. The summed E-state index contributed by atoms with van der Waals surface area (Å²) in [6, 6.07) is 0. The van der Waals surface area contributed by atoms with Gasteiger partial charge >= 0.3 is 5.97 Å². The lowest BCUT2D eigenvalue weighted by Crippen LogP contribution is -2.32. The van der Waals surface area contributed by atoms with Crippen molar-refractivity contribution in [1.82, 2.24) is 4.98 Å². The first-order chi connectivity index (χ1) is 11.1. The van der Waals surface area contributed by atoms with Crippen LogP contribution in [0.2, 0.25) is 0 Å². The summed E-state index contributed by atoms with van der Waals surface area (Å²) in [4.78, 5) is 20.9. The number of carboxylic acids is 1. The molecule has 0 bridgehead atoms. The van der Waals surface area contributed by atoms with Crippen LogP contribution in [0, 0.1) is 0 Å². The van der Waals surface area contributed by atoms with Crippen molar-refractivity contribution in [2.24, 2.45) is 4.99 Å².